The van der Waals surface area contributed by atoms with Crippen LogP contribution in [0.15, 0.2) is 58.8 Å². The van der Waals surface area contributed by atoms with Crippen LogP contribution >= 0.6 is 11.8 Å². The monoisotopic (exact) mass is 396 g/mol. The molecule has 28 heavy (non-hydrogen) atoms. The van der Waals surface area contributed by atoms with Crippen LogP contribution in [0.1, 0.15) is 19.4 Å². The standard InChI is InChI=1S/C20H20N4O3S/c1-13(15-8-10-16(11-9-15)27-14(2)25)22-23-19(26)12-28-20-21-17-6-4-5-7-18(17)24(20)3/h4-11H,12H2,1-3H3,(H,23,26). The van der Waals surface area contributed by atoms with E-state index in [0.717, 1.165) is 21.8 Å². The van der Waals surface area contributed by atoms with E-state index in [1.54, 1.807) is 31.2 Å². The van der Waals surface area contributed by atoms with Crippen molar-refractivity contribution in [2.45, 2.75) is 19.0 Å². The highest BCUT2D eigenvalue weighted by Crippen LogP contribution is 2.22. The average molecular weight is 396 g/mol. The van der Waals surface area contributed by atoms with E-state index in [0.29, 0.717) is 11.5 Å². The van der Waals surface area contributed by atoms with Crippen LogP contribution in [0.25, 0.3) is 11.0 Å². The van der Waals surface area contributed by atoms with E-state index in [2.05, 4.69) is 15.5 Å². The molecule has 8 heteroatoms. The second-order valence-electron chi connectivity index (χ2n) is 6.08. The van der Waals surface area contributed by atoms with Gasteiger partial charge in [-0.25, -0.2) is 10.4 Å². The van der Waals surface area contributed by atoms with E-state index in [1.165, 1.54) is 18.7 Å². The molecule has 0 aliphatic heterocycles. The molecule has 0 spiro atoms. The summed E-state index contributed by atoms with van der Waals surface area (Å²) in [6, 6.07) is 14.7. The van der Waals surface area contributed by atoms with Gasteiger partial charge < -0.3 is 9.30 Å². The number of carbonyl (C=O) groups excluding carboxylic acids is 2. The number of imidazole rings is 1. The van der Waals surface area contributed by atoms with Crippen molar-refractivity contribution >= 4 is 40.4 Å². The number of hydrazone groups is 1. The van der Waals surface area contributed by atoms with Crippen LogP contribution < -0.4 is 10.2 Å². The van der Waals surface area contributed by atoms with Crippen molar-refractivity contribution in [3.63, 3.8) is 0 Å². The Morgan fingerprint density at radius 2 is 1.86 bits per heavy atom. The van der Waals surface area contributed by atoms with Gasteiger partial charge in [-0.2, -0.15) is 5.10 Å². The van der Waals surface area contributed by atoms with Gasteiger partial charge in [-0.3, -0.25) is 9.59 Å². The molecule has 144 valence electrons. The molecule has 0 bridgehead atoms. The summed E-state index contributed by atoms with van der Waals surface area (Å²) in [4.78, 5) is 27.6. The summed E-state index contributed by atoms with van der Waals surface area (Å²) < 4.78 is 6.96. The zero-order chi connectivity index (χ0) is 20.1. The zero-order valence-electron chi connectivity index (χ0n) is 15.8. The number of amides is 1. The third-order valence-corrected chi connectivity index (χ3v) is 4.99. The lowest BCUT2D eigenvalue weighted by molar-refractivity contribution is -0.131. The van der Waals surface area contributed by atoms with Crippen LogP contribution in [0.3, 0.4) is 0 Å². The van der Waals surface area contributed by atoms with Crippen molar-refractivity contribution in [2.24, 2.45) is 12.1 Å². The summed E-state index contributed by atoms with van der Waals surface area (Å²) in [7, 11) is 1.93. The Hall–Kier alpha value is -3.13. The fraction of sp³-hybridized carbons (Fsp3) is 0.200. The van der Waals surface area contributed by atoms with Gasteiger partial charge >= 0.3 is 5.97 Å². The third-order valence-electron chi connectivity index (χ3n) is 3.96. The number of esters is 1. The Balaban J connectivity index is 1.56. The van der Waals surface area contributed by atoms with Crippen LogP contribution in [-0.2, 0) is 16.6 Å². The number of hydrogen-bond donors (Lipinski definition) is 1. The highest BCUT2D eigenvalue weighted by molar-refractivity contribution is 7.99. The first-order valence-corrected chi connectivity index (χ1v) is 9.59. The Morgan fingerprint density at radius 3 is 2.54 bits per heavy atom. The second kappa shape index (κ2) is 8.71. The molecule has 0 saturated heterocycles. The van der Waals surface area contributed by atoms with Crippen molar-refractivity contribution in [3.05, 3.63) is 54.1 Å². The maximum atomic E-state index is 12.1. The normalized spacial score (nSPS) is 11.5. The van der Waals surface area contributed by atoms with E-state index in [1.807, 2.05) is 35.9 Å². The molecular formula is C20H20N4O3S. The first-order valence-electron chi connectivity index (χ1n) is 8.60. The highest BCUT2D eigenvalue weighted by atomic mass is 32.2. The Labute approximate surface area is 166 Å². The molecule has 1 N–H and O–H groups in total. The van der Waals surface area contributed by atoms with E-state index in [-0.39, 0.29) is 17.6 Å². The fourth-order valence-electron chi connectivity index (χ4n) is 2.56. The smallest absolute Gasteiger partial charge is 0.308 e. The van der Waals surface area contributed by atoms with Crippen LogP contribution in [0.4, 0.5) is 0 Å². The molecule has 0 atom stereocenters. The van der Waals surface area contributed by atoms with Crippen molar-refractivity contribution in [1.82, 2.24) is 15.0 Å². The van der Waals surface area contributed by atoms with Crippen LogP contribution in [0.2, 0.25) is 0 Å². The highest BCUT2D eigenvalue weighted by Gasteiger charge is 2.10. The van der Waals surface area contributed by atoms with Crippen LogP contribution in [-0.4, -0.2) is 32.9 Å². The Morgan fingerprint density at radius 1 is 1.14 bits per heavy atom. The number of aromatic nitrogens is 2. The zero-order valence-corrected chi connectivity index (χ0v) is 16.6. The molecular weight excluding hydrogens is 376 g/mol. The molecule has 1 heterocycles. The molecule has 0 aliphatic carbocycles. The van der Waals surface area contributed by atoms with Crippen molar-refractivity contribution in [2.75, 3.05) is 5.75 Å². The van der Waals surface area contributed by atoms with E-state index in [9.17, 15) is 9.59 Å². The van der Waals surface area contributed by atoms with E-state index < -0.39 is 0 Å². The topological polar surface area (TPSA) is 85.6 Å². The quantitative estimate of drug-likeness (QED) is 0.227. The van der Waals surface area contributed by atoms with E-state index >= 15 is 0 Å². The Kier molecular flexibility index (Phi) is 6.10. The molecule has 1 aromatic heterocycles. The van der Waals surface area contributed by atoms with Gasteiger partial charge in [-0.15, -0.1) is 0 Å². The number of benzene rings is 2. The molecule has 0 unspecified atom stereocenters. The molecule has 1 amide bonds. The summed E-state index contributed by atoms with van der Waals surface area (Å²) in [5.41, 5.74) is 5.95. The lowest BCUT2D eigenvalue weighted by atomic mass is 10.1. The first kappa shape index (κ1) is 19.6. The minimum absolute atomic E-state index is 0.208. The maximum absolute atomic E-state index is 12.1. The SMILES string of the molecule is CC(=O)Oc1ccc(C(C)=NNC(=O)CSc2nc3ccccc3n2C)cc1. The average Bonchev–Trinajstić information content (AvgIpc) is 3.00. The summed E-state index contributed by atoms with van der Waals surface area (Å²) in [6.45, 7) is 3.14. The van der Waals surface area contributed by atoms with Gasteiger partial charge in [-0.05, 0) is 48.9 Å². The minimum atomic E-state index is -0.372. The Bertz CT molecular complexity index is 1040. The summed E-state index contributed by atoms with van der Waals surface area (Å²) in [5, 5.41) is 4.91. The van der Waals surface area contributed by atoms with Crippen LogP contribution in [0.5, 0.6) is 5.75 Å². The molecule has 0 aliphatic rings. The number of ether oxygens (including phenoxy) is 1. The first-order chi connectivity index (χ1) is 13.4. The summed E-state index contributed by atoms with van der Waals surface area (Å²) >= 11 is 1.36. The van der Waals surface area contributed by atoms with Crippen LogP contribution in [0, 0.1) is 0 Å². The van der Waals surface area contributed by atoms with Gasteiger partial charge in [0.15, 0.2) is 5.16 Å². The van der Waals surface area contributed by atoms with Crippen molar-refractivity contribution in [3.8, 4) is 5.75 Å². The molecule has 3 rings (SSSR count). The number of hydrogen-bond acceptors (Lipinski definition) is 6. The van der Waals surface area contributed by atoms with Crippen molar-refractivity contribution < 1.29 is 14.3 Å². The maximum Gasteiger partial charge on any atom is 0.308 e. The van der Waals surface area contributed by atoms with Gasteiger partial charge in [0, 0.05) is 14.0 Å². The number of fused-ring (bicyclic) bond motifs is 1. The van der Waals surface area contributed by atoms with Gasteiger partial charge in [-0.1, -0.05) is 23.9 Å². The summed E-state index contributed by atoms with van der Waals surface area (Å²) in [6.07, 6.45) is 0. The van der Waals surface area contributed by atoms with Gasteiger partial charge in [0.1, 0.15) is 5.75 Å². The molecule has 0 saturated carbocycles. The predicted octanol–water partition coefficient (Wildman–Crippen LogP) is 3.13. The molecule has 0 radical (unpaired) electrons. The number of para-hydroxylation sites is 2. The molecule has 0 fully saturated rings. The lowest BCUT2D eigenvalue weighted by Gasteiger charge is -2.05. The number of aryl methyl sites for hydroxylation is 1. The number of nitrogens with one attached hydrogen (secondary N) is 1. The van der Waals surface area contributed by atoms with Crippen molar-refractivity contribution in [1.29, 1.82) is 0 Å². The van der Waals surface area contributed by atoms with Gasteiger partial charge in [0.25, 0.3) is 5.91 Å². The third kappa shape index (κ3) is 4.77. The number of thioether (sulfide) groups is 1. The number of rotatable bonds is 6. The lowest BCUT2D eigenvalue weighted by Crippen LogP contribution is -2.21. The fourth-order valence-corrected chi connectivity index (χ4v) is 3.34. The second-order valence-corrected chi connectivity index (χ2v) is 7.02. The molecule has 2 aromatic carbocycles. The van der Waals surface area contributed by atoms with Gasteiger partial charge in [0.05, 0.1) is 22.5 Å². The number of nitrogens with zero attached hydrogens (tertiary/aromatic N) is 3. The minimum Gasteiger partial charge on any atom is -0.427 e. The van der Waals surface area contributed by atoms with Gasteiger partial charge in [0.2, 0.25) is 0 Å². The number of carbonyl (C=O) groups is 2. The summed E-state index contributed by atoms with van der Waals surface area (Å²) in [5.74, 6) is 0.0858. The molecule has 7 nitrogen and oxygen atoms in total. The predicted molar refractivity (Wildman–Crippen MR) is 110 cm³/mol. The molecule has 3 aromatic rings. The largest absolute Gasteiger partial charge is 0.427 e. The van der Waals surface area contributed by atoms with E-state index in [4.69, 9.17) is 4.74 Å².